The van der Waals surface area contributed by atoms with Gasteiger partial charge in [0.15, 0.2) is 0 Å². The number of nitrogens with zero attached hydrogens (tertiary/aromatic N) is 1. The summed E-state index contributed by atoms with van der Waals surface area (Å²) in [6, 6.07) is 19.4. The Morgan fingerprint density at radius 1 is 1.04 bits per heavy atom. The monoisotopic (exact) mass is 335 g/mol. The first-order valence-corrected chi connectivity index (χ1v) is 9.26. The Kier molecular flexibility index (Phi) is 4.12. The molecule has 1 saturated carbocycles. The molecular weight excluding hydrogens is 310 g/mol. The maximum atomic E-state index is 13.0. The minimum atomic E-state index is -1.17. The summed E-state index contributed by atoms with van der Waals surface area (Å²) in [5.74, 6) is 0.854. The van der Waals surface area contributed by atoms with Gasteiger partial charge < -0.3 is 10.0 Å². The number of hydrogen-bond donors (Lipinski definition) is 1. The Hall–Kier alpha value is -2.13. The fraction of sp³-hybridized carbons (Fsp3) is 0.409. The summed E-state index contributed by atoms with van der Waals surface area (Å²) in [7, 11) is 0. The van der Waals surface area contributed by atoms with Crippen LogP contribution in [0.5, 0.6) is 0 Å². The molecule has 25 heavy (non-hydrogen) atoms. The first-order valence-electron chi connectivity index (χ1n) is 9.26. The molecule has 2 fully saturated rings. The van der Waals surface area contributed by atoms with Gasteiger partial charge in [0.1, 0.15) is 5.60 Å². The van der Waals surface area contributed by atoms with Gasteiger partial charge in [0.2, 0.25) is 5.91 Å². The van der Waals surface area contributed by atoms with Gasteiger partial charge in [-0.2, -0.15) is 0 Å². The van der Waals surface area contributed by atoms with E-state index in [1.807, 2.05) is 65.6 Å². The minimum Gasteiger partial charge on any atom is -0.378 e. The van der Waals surface area contributed by atoms with Crippen LogP contribution in [0.4, 0.5) is 0 Å². The molecule has 0 spiro atoms. The van der Waals surface area contributed by atoms with Gasteiger partial charge in [0, 0.05) is 12.5 Å². The normalized spacial score (nSPS) is 25.8. The van der Waals surface area contributed by atoms with Gasteiger partial charge in [-0.15, -0.1) is 0 Å². The summed E-state index contributed by atoms with van der Waals surface area (Å²) in [4.78, 5) is 14.9. The zero-order valence-electron chi connectivity index (χ0n) is 14.6. The van der Waals surface area contributed by atoms with Crippen molar-refractivity contribution in [2.75, 3.05) is 6.54 Å². The first-order chi connectivity index (χ1) is 12.1. The van der Waals surface area contributed by atoms with E-state index in [-0.39, 0.29) is 17.9 Å². The second-order valence-electron chi connectivity index (χ2n) is 7.51. The van der Waals surface area contributed by atoms with Crippen molar-refractivity contribution < 1.29 is 9.90 Å². The highest BCUT2D eigenvalue weighted by atomic mass is 16.3. The number of amides is 1. The van der Waals surface area contributed by atoms with Crippen LogP contribution in [0.3, 0.4) is 0 Å². The van der Waals surface area contributed by atoms with Gasteiger partial charge in [-0.1, -0.05) is 67.6 Å². The predicted octanol–water partition coefficient (Wildman–Crippen LogP) is 3.57. The summed E-state index contributed by atoms with van der Waals surface area (Å²) < 4.78 is 0. The molecule has 3 nitrogen and oxygen atoms in total. The maximum Gasteiger partial charge on any atom is 0.226 e. The molecule has 2 aliphatic rings. The lowest BCUT2D eigenvalue weighted by molar-refractivity contribution is -0.138. The van der Waals surface area contributed by atoms with Crippen molar-refractivity contribution in [3.05, 3.63) is 71.8 Å². The van der Waals surface area contributed by atoms with E-state index < -0.39 is 5.60 Å². The largest absolute Gasteiger partial charge is 0.378 e. The summed E-state index contributed by atoms with van der Waals surface area (Å²) in [5, 5.41) is 11.9. The number of carbonyl (C=O) groups is 1. The molecule has 2 aromatic carbocycles. The van der Waals surface area contributed by atoms with Crippen molar-refractivity contribution in [3.63, 3.8) is 0 Å². The van der Waals surface area contributed by atoms with E-state index in [2.05, 4.69) is 6.92 Å². The Bertz CT molecular complexity index is 704. The molecule has 1 amide bonds. The smallest absolute Gasteiger partial charge is 0.226 e. The van der Waals surface area contributed by atoms with Crippen LogP contribution >= 0.6 is 0 Å². The lowest BCUT2D eigenvalue weighted by atomic mass is 9.79. The quantitative estimate of drug-likeness (QED) is 0.928. The van der Waals surface area contributed by atoms with Gasteiger partial charge in [-0.25, -0.2) is 0 Å². The lowest BCUT2D eigenvalue weighted by Gasteiger charge is -2.40. The van der Waals surface area contributed by atoms with Gasteiger partial charge in [-0.3, -0.25) is 4.79 Å². The van der Waals surface area contributed by atoms with Crippen molar-refractivity contribution >= 4 is 5.91 Å². The van der Waals surface area contributed by atoms with Gasteiger partial charge in [0.05, 0.1) is 6.04 Å². The Morgan fingerprint density at radius 2 is 1.56 bits per heavy atom. The van der Waals surface area contributed by atoms with Gasteiger partial charge in [-0.05, 0) is 36.3 Å². The molecule has 4 rings (SSSR count). The molecule has 0 aromatic heterocycles. The number of benzene rings is 2. The number of rotatable bonds is 4. The summed E-state index contributed by atoms with van der Waals surface area (Å²) >= 11 is 0. The minimum absolute atomic E-state index is 0.149. The number of likely N-dealkylation sites (tertiary alicyclic amines) is 1. The molecule has 1 aliphatic heterocycles. The van der Waals surface area contributed by atoms with E-state index in [0.29, 0.717) is 5.92 Å². The van der Waals surface area contributed by atoms with E-state index in [4.69, 9.17) is 0 Å². The third-order valence-corrected chi connectivity index (χ3v) is 5.87. The van der Waals surface area contributed by atoms with E-state index in [0.717, 1.165) is 36.9 Å². The number of aliphatic hydroxyl groups is 1. The standard InChI is InChI=1S/C22H25NO2/c1-16-15-19(16)21(24)23-14-8-13-20(23)22(25,17-9-4-2-5-10-17)18-11-6-3-7-12-18/h2-7,9-12,16,19-20,25H,8,13-15H2,1H3/t16-,19-,20+/m0/s1. The molecule has 1 aliphatic carbocycles. The molecule has 1 heterocycles. The van der Waals surface area contributed by atoms with Crippen molar-refractivity contribution in [1.29, 1.82) is 0 Å². The molecule has 0 bridgehead atoms. The molecule has 2 aromatic rings. The summed E-state index contributed by atoms with van der Waals surface area (Å²) in [6.45, 7) is 2.88. The molecule has 1 N–H and O–H groups in total. The molecular formula is C22H25NO2. The van der Waals surface area contributed by atoms with Crippen LogP contribution in [-0.2, 0) is 10.4 Å². The van der Waals surface area contributed by atoms with Crippen LogP contribution in [0.15, 0.2) is 60.7 Å². The van der Waals surface area contributed by atoms with Crippen LogP contribution in [-0.4, -0.2) is 28.5 Å². The third kappa shape index (κ3) is 2.77. The van der Waals surface area contributed by atoms with Crippen molar-refractivity contribution in [2.45, 2.75) is 37.8 Å². The predicted molar refractivity (Wildman–Crippen MR) is 97.9 cm³/mol. The molecule has 1 saturated heterocycles. The van der Waals surface area contributed by atoms with Crippen LogP contribution in [0.2, 0.25) is 0 Å². The lowest BCUT2D eigenvalue weighted by Crippen LogP contribution is -2.51. The second-order valence-corrected chi connectivity index (χ2v) is 7.51. The molecule has 0 unspecified atom stereocenters. The highest BCUT2D eigenvalue weighted by Crippen LogP contribution is 2.45. The average Bonchev–Trinajstić information content (AvgIpc) is 3.19. The zero-order chi connectivity index (χ0) is 17.4. The summed E-state index contributed by atoms with van der Waals surface area (Å²) in [5.41, 5.74) is 0.539. The Morgan fingerprint density at radius 3 is 2.04 bits per heavy atom. The van der Waals surface area contributed by atoms with Crippen LogP contribution in [0.1, 0.15) is 37.3 Å². The van der Waals surface area contributed by atoms with Crippen molar-refractivity contribution in [2.24, 2.45) is 11.8 Å². The van der Waals surface area contributed by atoms with Crippen LogP contribution < -0.4 is 0 Å². The van der Waals surface area contributed by atoms with E-state index in [1.165, 1.54) is 0 Å². The van der Waals surface area contributed by atoms with Crippen LogP contribution in [0.25, 0.3) is 0 Å². The van der Waals surface area contributed by atoms with E-state index in [9.17, 15) is 9.90 Å². The molecule has 3 heteroatoms. The van der Waals surface area contributed by atoms with E-state index in [1.54, 1.807) is 0 Å². The number of carbonyl (C=O) groups excluding carboxylic acids is 1. The molecule has 3 atom stereocenters. The highest BCUT2D eigenvalue weighted by molar-refractivity contribution is 5.82. The highest BCUT2D eigenvalue weighted by Gasteiger charge is 2.50. The fourth-order valence-corrected chi connectivity index (χ4v) is 4.28. The Labute approximate surface area is 149 Å². The van der Waals surface area contributed by atoms with Crippen LogP contribution in [0, 0.1) is 11.8 Å². The first kappa shape index (κ1) is 16.3. The zero-order valence-corrected chi connectivity index (χ0v) is 14.6. The van der Waals surface area contributed by atoms with Gasteiger partial charge >= 0.3 is 0 Å². The SMILES string of the molecule is C[C@H]1C[C@@H]1C(=O)N1CCC[C@@H]1C(O)(c1ccccc1)c1ccccc1. The average molecular weight is 335 g/mol. The van der Waals surface area contributed by atoms with E-state index >= 15 is 0 Å². The molecule has 130 valence electrons. The Balaban J connectivity index is 1.77. The second kappa shape index (κ2) is 6.30. The van der Waals surface area contributed by atoms with Crippen molar-refractivity contribution in [1.82, 2.24) is 4.90 Å². The van der Waals surface area contributed by atoms with Gasteiger partial charge in [0.25, 0.3) is 0 Å². The number of hydrogen-bond acceptors (Lipinski definition) is 2. The molecule has 0 radical (unpaired) electrons. The fourth-order valence-electron chi connectivity index (χ4n) is 4.28. The third-order valence-electron chi connectivity index (χ3n) is 5.87. The summed E-state index contributed by atoms with van der Waals surface area (Å²) in [6.07, 6.45) is 2.75. The van der Waals surface area contributed by atoms with Crippen molar-refractivity contribution in [3.8, 4) is 0 Å². The topological polar surface area (TPSA) is 40.5 Å². The maximum absolute atomic E-state index is 13.0.